The molecule has 1 saturated carbocycles. The molecule has 0 aliphatic heterocycles. The molecule has 5 nitrogen and oxygen atoms in total. The lowest BCUT2D eigenvalue weighted by molar-refractivity contribution is -0.141. The van der Waals surface area contributed by atoms with Crippen LogP contribution in [0.5, 0.6) is 0 Å². The molecule has 5 heteroatoms. The topological polar surface area (TPSA) is 90.2 Å². The summed E-state index contributed by atoms with van der Waals surface area (Å²) < 4.78 is 4.72. The van der Waals surface area contributed by atoms with Gasteiger partial charge in [0.1, 0.15) is 0 Å². The SMILES string of the molecule is OCC(O)OC1C(O)C1CO. The fourth-order valence-electron chi connectivity index (χ4n) is 0.943. The maximum absolute atomic E-state index is 8.95. The van der Waals surface area contributed by atoms with Gasteiger partial charge in [-0.05, 0) is 0 Å². The Morgan fingerprint density at radius 1 is 1.36 bits per heavy atom. The molecule has 4 unspecified atom stereocenters. The Morgan fingerprint density at radius 3 is 2.36 bits per heavy atom. The zero-order valence-corrected chi connectivity index (χ0v) is 5.92. The smallest absolute Gasteiger partial charge is 0.178 e. The maximum atomic E-state index is 8.95. The highest BCUT2D eigenvalue weighted by Gasteiger charge is 2.51. The number of hydrogen-bond acceptors (Lipinski definition) is 5. The fraction of sp³-hybridized carbons (Fsp3) is 1.00. The lowest BCUT2D eigenvalue weighted by Gasteiger charge is -2.06. The van der Waals surface area contributed by atoms with Crippen molar-refractivity contribution in [1.29, 1.82) is 0 Å². The first-order chi connectivity index (χ1) is 5.20. The van der Waals surface area contributed by atoms with Crippen molar-refractivity contribution in [3.63, 3.8) is 0 Å². The van der Waals surface area contributed by atoms with Gasteiger partial charge in [-0.1, -0.05) is 0 Å². The molecule has 0 spiro atoms. The number of rotatable bonds is 4. The van der Waals surface area contributed by atoms with E-state index in [1.807, 2.05) is 0 Å². The Kier molecular flexibility index (Phi) is 2.80. The van der Waals surface area contributed by atoms with Crippen LogP contribution in [0.1, 0.15) is 0 Å². The van der Waals surface area contributed by atoms with Crippen LogP contribution in [-0.4, -0.2) is 52.1 Å². The van der Waals surface area contributed by atoms with Crippen molar-refractivity contribution < 1.29 is 25.2 Å². The van der Waals surface area contributed by atoms with Crippen LogP contribution in [-0.2, 0) is 4.74 Å². The summed E-state index contributed by atoms with van der Waals surface area (Å²) >= 11 is 0. The molecule has 0 saturated heterocycles. The van der Waals surface area contributed by atoms with E-state index in [1.165, 1.54) is 0 Å². The zero-order chi connectivity index (χ0) is 8.43. The number of hydrogen-bond donors (Lipinski definition) is 4. The third-order valence-corrected chi connectivity index (χ3v) is 1.74. The zero-order valence-electron chi connectivity index (χ0n) is 5.92. The Bertz CT molecular complexity index is 128. The van der Waals surface area contributed by atoms with E-state index in [2.05, 4.69) is 0 Å². The maximum Gasteiger partial charge on any atom is 0.178 e. The van der Waals surface area contributed by atoms with Crippen molar-refractivity contribution in [1.82, 2.24) is 0 Å². The number of aliphatic hydroxyl groups excluding tert-OH is 4. The normalized spacial score (nSPS) is 38.7. The Balaban J connectivity index is 2.20. The minimum Gasteiger partial charge on any atom is -0.396 e. The van der Waals surface area contributed by atoms with Gasteiger partial charge in [-0.2, -0.15) is 0 Å². The average molecular weight is 164 g/mol. The summed E-state index contributed by atoms with van der Waals surface area (Å²) in [6, 6.07) is 0. The van der Waals surface area contributed by atoms with Gasteiger partial charge in [-0.25, -0.2) is 0 Å². The van der Waals surface area contributed by atoms with Crippen LogP contribution < -0.4 is 0 Å². The molecule has 0 bridgehead atoms. The Hall–Kier alpha value is -0.200. The molecule has 0 heterocycles. The second kappa shape index (κ2) is 3.46. The summed E-state index contributed by atoms with van der Waals surface area (Å²) in [7, 11) is 0. The molecule has 0 aromatic rings. The first kappa shape index (κ1) is 8.89. The van der Waals surface area contributed by atoms with Crippen molar-refractivity contribution >= 4 is 0 Å². The van der Waals surface area contributed by atoms with Crippen LogP contribution >= 0.6 is 0 Å². The largest absolute Gasteiger partial charge is 0.396 e. The molecule has 66 valence electrons. The molecule has 0 amide bonds. The summed E-state index contributed by atoms with van der Waals surface area (Å²) in [5.74, 6) is -0.309. The van der Waals surface area contributed by atoms with Gasteiger partial charge >= 0.3 is 0 Å². The molecule has 1 aliphatic rings. The molecule has 0 aromatic heterocycles. The third kappa shape index (κ3) is 1.88. The second-order valence-corrected chi connectivity index (χ2v) is 2.57. The Labute approximate surface area is 63.8 Å². The van der Waals surface area contributed by atoms with Gasteiger partial charge < -0.3 is 25.2 Å². The van der Waals surface area contributed by atoms with E-state index in [-0.39, 0.29) is 12.5 Å². The van der Waals surface area contributed by atoms with Gasteiger partial charge in [0.15, 0.2) is 6.29 Å². The molecule has 1 rings (SSSR count). The van der Waals surface area contributed by atoms with Crippen LogP contribution in [0.15, 0.2) is 0 Å². The van der Waals surface area contributed by atoms with E-state index in [0.29, 0.717) is 0 Å². The molecule has 4 N–H and O–H groups in total. The van der Waals surface area contributed by atoms with Crippen LogP contribution in [0.25, 0.3) is 0 Å². The van der Waals surface area contributed by atoms with Crippen molar-refractivity contribution in [2.24, 2.45) is 5.92 Å². The number of ether oxygens (including phenoxy) is 1. The van der Waals surface area contributed by atoms with Crippen LogP contribution in [0.4, 0.5) is 0 Å². The van der Waals surface area contributed by atoms with Crippen molar-refractivity contribution in [3.05, 3.63) is 0 Å². The van der Waals surface area contributed by atoms with Gasteiger partial charge in [0.2, 0.25) is 0 Å². The van der Waals surface area contributed by atoms with Gasteiger partial charge in [0, 0.05) is 5.92 Å². The van der Waals surface area contributed by atoms with Gasteiger partial charge in [-0.3, -0.25) is 0 Å². The molecule has 1 aliphatic carbocycles. The summed E-state index contributed by atoms with van der Waals surface area (Å²) in [6.45, 7) is -0.661. The van der Waals surface area contributed by atoms with Crippen molar-refractivity contribution in [2.45, 2.75) is 18.5 Å². The fourth-order valence-corrected chi connectivity index (χ4v) is 0.943. The summed E-state index contributed by atoms with van der Waals surface area (Å²) in [5.41, 5.74) is 0. The monoisotopic (exact) mass is 164 g/mol. The molecule has 1 fully saturated rings. The minimum absolute atomic E-state index is 0.163. The van der Waals surface area contributed by atoms with E-state index in [0.717, 1.165) is 0 Å². The summed E-state index contributed by atoms with van der Waals surface area (Å²) in [5, 5.41) is 34.6. The van der Waals surface area contributed by atoms with E-state index in [1.54, 1.807) is 0 Å². The van der Waals surface area contributed by atoms with Crippen LogP contribution in [0, 0.1) is 5.92 Å². The molecule has 0 radical (unpaired) electrons. The lowest BCUT2D eigenvalue weighted by atomic mass is 10.4. The second-order valence-electron chi connectivity index (χ2n) is 2.57. The number of aliphatic hydroxyl groups is 4. The predicted molar refractivity (Wildman–Crippen MR) is 34.5 cm³/mol. The van der Waals surface area contributed by atoms with Crippen molar-refractivity contribution in [3.8, 4) is 0 Å². The highest BCUT2D eigenvalue weighted by Crippen LogP contribution is 2.34. The van der Waals surface area contributed by atoms with Gasteiger partial charge in [0.25, 0.3) is 0 Å². The Morgan fingerprint density at radius 2 is 2.00 bits per heavy atom. The molecule has 0 aromatic carbocycles. The first-order valence-corrected chi connectivity index (χ1v) is 3.44. The predicted octanol–water partition coefficient (Wildman–Crippen LogP) is -2.33. The lowest BCUT2D eigenvalue weighted by Crippen LogP contribution is -2.19. The standard InChI is InChI=1S/C6H12O5/c7-1-3-5(10)6(3)11-4(9)2-8/h3-10H,1-2H2. The van der Waals surface area contributed by atoms with Crippen LogP contribution in [0.2, 0.25) is 0 Å². The highest BCUT2D eigenvalue weighted by atomic mass is 16.6. The third-order valence-electron chi connectivity index (χ3n) is 1.74. The average Bonchev–Trinajstić information content (AvgIpc) is 2.61. The molecule has 11 heavy (non-hydrogen) atoms. The molecule has 4 atom stereocenters. The molecular weight excluding hydrogens is 152 g/mol. The minimum atomic E-state index is -1.26. The van der Waals surface area contributed by atoms with Crippen LogP contribution in [0.3, 0.4) is 0 Å². The van der Waals surface area contributed by atoms with E-state index in [4.69, 9.17) is 25.2 Å². The highest BCUT2D eigenvalue weighted by molar-refractivity contribution is 4.99. The van der Waals surface area contributed by atoms with Crippen molar-refractivity contribution in [2.75, 3.05) is 13.2 Å². The van der Waals surface area contributed by atoms with E-state index < -0.39 is 25.1 Å². The van der Waals surface area contributed by atoms with E-state index in [9.17, 15) is 0 Å². The summed E-state index contributed by atoms with van der Waals surface area (Å²) in [4.78, 5) is 0. The van der Waals surface area contributed by atoms with Gasteiger partial charge in [0.05, 0.1) is 25.4 Å². The van der Waals surface area contributed by atoms with E-state index >= 15 is 0 Å². The van der Waals surface area contributed by atoms with Gasteiger partial charge in [-0.15, -0.1) is 0 Å². The molecular formula is C6H12O5. The quantitative estimate of drug-likeness (QED) is 0.350. The first-order valence-electron chi connectivity index (χ1n) is 3.44. The summed E-state index contributed by atoms with van der Waals surface area (Å²) in [6.07, 6.45) is -2.49.